The van der Waals surface area contributed by atoms with Crippen molar-refractivity contribution in [1.29, 1.82) is 0 Å². The summed E-state index contributed by atoms with van der Waals surface area (Å²) in [6.45, 7) is 0. The van der Waals surface area contributed by atoms with E-state index in [-0.39, 0.29) is 52.8 Å². The van der Waals surface area contributed by atoms with Crippen molar-refractivity contribution >= 4 is 7.32 Å². The van der Waals surface area contributed by atoms with Gasteiger partial charge in [0.25, 0.3) is 0 Å². The molecule has 1 rings (SSSR count). The van der Waals surface area contributed by atoms with Gasteiger partial charge in [-0.3, -0.25) is 0 Å². The van der Waals surface area contributed by atoms with Gasteiger partial charge in [0, 0.05) is 0 Å². The molecule has 14 heteroatoms. The summed E-state index contributed by atoms with van der Waals surface area (Å²) >= 11 is 0. The molecule has 126 valence electrons. The zero-order chi connectivity index (χ0) is 17.5. The Morgan fingerprint density at radius 3 is 1.35 bits per heavy atom. The van der Waals surface area contributed by atoms with Crippen LogP contribution in [-0.4, -0.2) is 17.4 Å². The van der Waals surface area contributed by atoms with Gasteiger partial charge in [0.2, 0.25) is 0 Å². The monoisotopic (exact) mass is 382 g/mol. The van der Waals surface area contributed by atoms with Crippen LogP contribution in [0.4, 0.5) is 39.5 Å². The molecule has 0 spiro atoms. The number of benzene rings is 1. The first-order valence-electron chi connectivity index (χ1n) is 5.06. The molecule has 0 aliphatic heterocycles. The fraction of sp³-hybridized carbons (Fsp3) is 0.333. The van der Waals surface area contributed by atoms with Gasteiger partial charge in [-0.1, -0.05) is 0 Å². The van der Waals surface area contributed by atoms with Gasteiger partial charge in [0.1, 0.15) is 5.75 Å². The molecule has 0 atom stereocenters. The van der Waals surface area contributed by atoms with E-state index < -0.39 is 60.4 Å². The molecular formula is C9H5BF9KO3. The molecule has 0 aliphatic rings. The Bertz CT molecular complexity index is 524. The van der Waals surface area contributed by atoms with Crippen molar-refractivity contribution < 1.29 is 107 Å². The maximum absolute atomic E-state index is 12.7. The topological polar surface area (TPSA) is 49.7 Å². The van der Waals surface area contributed by atoms with Crippen LogP contribution in [0.25, 0.3) is 0 Å². The molecule has 1 aromatic carbocycles. The van der Waals surface area contributed by atoms with Crippen LogP contribution in [0.1, 0.15) is 18.1 Å². The fourth-order valence-corrected chi connectivity index (χ4v) is 1.45. The van der Waals surface area contributed by atoms with E-state index in [0.29, 0.717) is 0 Å². The smallest absolute Gasteiger partial charge is 1.00 e. The molecule has 1 aromatic rings. The average molecular weight is 382 g/mol. The Balaban J connectivity index is 0. The largest absolute Gasteiger partial charge is 1.00 e. The first kappa shape index (κ1) is 23.0. The molecule has 0 saturated heterocycles. The molecule has 0 amide bonds. The minimum atomic E-state index is -5.66. The predicted octanol–water partition coefficient (Wildman–Crippen LogP) is 0.208. The van der Waals surface area contributed by atoms with Crippen molar-refractivity contribution in [2.45, 2.75) is 18.5 Å². The standard InChI is InChI=1S/C9H4BF9O3.K.H/c11-7(12,13)3-1-4(8(14,15)16)6(22-10(20)21)5(2-3)9(17,18)19;;/h1-2,20-21H;;/q;+1;-1. The summed E-state index contributed by atoms with van der Waals surface area (Å²) in [5.41, 5.74) is -7.10. The Morgan fingerprint density at radius 2 is 1.13 bits per heavy atom. The van der Waals surface area contributed by atoms with E-state index in [1.165, 1.54) is 0 Å². The quantitative estimate of drug-likeness (QED) is 0.568. The van der Waals surface area contributed by atoms with E-state index in [1.54, 1.807) is 0 Å². The average Bonchev–Trinajstić information content (AvgIpc) is 2.23. The van der Waals surface area contributed by atoms with Crippen LogP contribution in [0, 0.1) is 0 Å². The normalized spacial score (nSPS) is 12.7. The second-order valence-electron chi connectivity index (χ2n) is 3.84. The van der Waals surface area contributed by atoms with Crippen LogP contribution in [-0.2, 0) is 18.5 Å². The number of rotatable bonds is 2. The third-order valence-electron chi connectivity index (χ3n) is 2.25. The summed E-state index contributed by atoms with van der Waals surface area (Å²) < 4.78 is 117. The summed E-state index contributed by atoms with van der Waals surface area (Å²) in [7, 11) is -3.10. The predicted molar refractivity (Wildman–Crippen MR) is 53.4 cm³/mol. The number of hydrogen-bond donors (Lipinski definition) is 2. The van der Waals surface area contributed by atoms with Crippen molar-refractivity contribution in [3.8, 4) is 5.75 Å². The van der Waals surface area contributed by atoms with Crippen molar-refractivity contribution in [3.63, 3.8) is 0 Å². The van der Waals surface area contributed by atoms with Gasteiger partial charge >= 0.3 is 77.2 Å². The summed E-state index contributed by atoms with van der Waals surface area (Å²) in [6, 6.07) is -1.24. The Morgan fingerprint density at radius 1 is 0.783 bits per heavy atom. The second-order valence-corrected chi connectivity index (χ2v) is 3.84. The third kappa shape index (κ3) is 6.10. The van der Waals surface area contributed by atoms with Crippen LogP contribution >= 0.6 is 0 Å². The first-order chi connectivity index (χ1) is 9.64. The molecule has 0 fully saturated rings. The van der Waals surface area contributed by atoms with Gasteiger partial charge in [0.15, 0.2) is 0 Å². The Labute approximate surface area is 166 Å². The molecule has 0 bridgehead atoms. The molecule has 0 heterocycles. The van der Waals surface area contributed by atoms with Crippen molar-refractivity contribution in [1.82, 2.24) is 0 Å². The molecule has 0 saturated carbocycles. The van der Waals surface area contributed by atoms with E-state index in [4.69, 9.17) is 10.0 Å². The minimum Gasteiger partial charge on any atom is -1.00 e. The zero-order valence-corrected chi connectivity index (χ0v) is 14.1. The van der Waals surface area contributed by atoms with Crippen molar-refractivity contribution in [3.05, 3.63) is 28.8 Å². The van der Waals surface area contributed by atoms with Gasteiger partial charge in [0.05, 0.1) is 16.7 Å². The minimum absolute atomic E-state index is 0. The maximum Gasteiger partial charge on any atom is 1.00 e. The summed E-state index contributed by atoms with van der Waals surface area (Å²) in [5.74, 6) is -2.16. The molecule has 3 nitrogen and oxygen atoms in total. The first-order valence-corrected chi connectivity index (χ1v) is 5.06. The zero-order valence-electron chi connectivity index (χ0n) is 11.9. The Kier molecular flexibility index (Phi) is 7.50. The third-order valence-corrected chi connectivity index (χ3v) is 2.25. The number of alkyl halides is 9. The van der Waals surface area contributed by atoms with E-state index in [0.717, 1.165) is 0 Å². The SMILES string of the molecule is OB(O)Oc1c(C(F)(F)F)cc(C(F)(F)F)cc1C(F)(F)F.[H-].[K+]. The molecular weight excluding hydrogens is 377 g/mol. The molecule has 0 aromatic heterocycles. The van der Waals surface area contributed by atoms with Gasteiger partial charge < -0.3 is 16.1 Å². The van der Waals surface area contributed by atoms with E-state index >= 15 is 0 Å². The number of hydrogen-bond acceptors (Lipinski definition) is 3. The molecule has 23 heavy (non-hydrogen) atoms. The molecule has 0 radical (unpaired) electrons. The fourth-order valence-electron chi connectivity index (χ4n) is 1.45. The van der Waals surface area contributed by atoms with E-state index in [9.17, 15) is 39.5 Å². The van der Waals surface area contributed by atoms with Crippen LogP contribution in [0.3, 0.4) is 0 Å². The van der Waals surface area contributed by atoms with E-state index in [1.807, 2.05) is 0 Å². The second kappa shape index (κ2) is 7.49. The summed E-state index contributed by atoms with van der Waals surface area (Å²) in [4.78, 5) is 0. The Hall–Kier alpha value is 0.0113. The van der Waals surface area contributed by atoms with Crippen LogP contribution in [0.15, 0.2) is 12.1 Å². The molecule has 0 unspecified atom stereocenters. The van der Waals surface area contributed by atoms with Crippen molar-refractivity contribution in [2.75, 3.05) is 0 Å². The maximum atomic E-state index is 12.7. The molecule has 2 N–H and O–H groups in total. The van der Waals surface area contributed by atoms with Crippen LogP contribution < -0.4 is 56.0 Å². The number of halogens is 9. The van der Waals surface area contributed by atoms with Crippen LogP contribution in [0.5, 0.6) is 5.75 Å². The van der Waals surface area contributed by atoms with Crippen molar-refractivity contribution in [2.24, 2.45) is 0 Å². The van der Waals surface area contributed by atoms with Gasteiger partial charge in [-0.05, 0) is 12.1 Å². The molecule has 0 aliphatic carbocycles. The van der Waals surface area contributed by atoms with Gasteiger partial charge in [-0.25, -0.2) is 0 Å². The summed E-state index contributed by atoms with van der Waals surface area (Å²) in [6.07, 6.45) is -16.8. The van der Waals surface area contributed by atoms with E-state index in [2.05, 4.69) is 4.65 Å². The summed E-state index contributed by atoms with van der Waals surface area (Å²) in [5, 5.41) is 16.8. The van der Waals surface area contributed by atoms with Gasteiger partial charge in [-0.15, -0.1) is 0 Å². The van der Waals surface area contributed by atoms with Crippen LogP contribution in [0.2, 0.25) is 0 Å². The van der Waals surface area contributed by atoms with Gasteiger partial charge in [-0.2, -0.15) is 39.5 Å².